The summed E-state index contributed by atoms with van der Waals surface area (Å²) >= 11 is 5.96. The van der Waals surface area contributed by atoms with Crippen molar-refractivity contribution in [1.82, 2.24) is 0 Å². The molecule has 1 saturated carbocycles. The van der Waals surface area contributed by atoms with Crippen LogP contribution < -0.4 is 0 Å². The van der Waals surface area contributed by atoms with Gasteiger partial charge in [-0.05, 0) is 104 Å². The second-order valence-corrected chi connectivity index (χ2v) is 10.9. The Morgan fingerprint density at radius 3 is 2.11 bits per heavy atom. The monoisotopic (exact) mass is 490 g/mol. The second kappa shape index (κ2) is 13.3. The van der Waals surface area contributed by atoms with E-state index >= 15 is 0 Å². The Bertz CT molecular complexity index is 1030. The molecule has 4 rings (SSSR count). The molecule has 1 aliphatic carbocycles. The van der Waals surface area contributed by atoms with Gasteiger partial charge in [0.1, 0.15) is 5.82 Å². The number of benzene rings is 3. The molecular formula is C33H40ClF. The zero-order valence-corrected chi connectivity index (χ0v) is 22.0. The Balaban J connectivity index is 1.21. The van der Waals surface area contributed by atoms with Crippen LogP contribution in [0, 0.1) is 11.7 Å². The van der Waals surface area contributed by atoms with Crippen LogP contribution in [0.15, 0.2) is 66.7 Å². The number of halogens is 2. The van der Waals surface area contributed by atoms with Gasteiger partial charge in [-0.1, -0.05) is 92.7 Å². The van der Waals surface area contributed by atoms with Crippen molar-refractivity contribution < 1.29 is 4.39 Å². The third-order valence-corrected chi connectivity index (χ3v) is 8.15. The molecule has 0 aliphatic heterocycles. The van der Waals surface area contributed by atoms with Gasteiger partial charge in [0.05, 0.1) is 0 Å². The highest BCUT2D eigenvalue weighted by molar-refractivity contribution is 6.30. The molecule has 0 nitrogen and oxygen atoms in total. The van der Waals surface area contributed by atoms with Crippen LogP contribution in [0.5, 0.6) is 0 Å². The molecule has 0 bridgehead atoms. The average Bonchev–Trinajstić information content (AvgIpc) is 2.89. The summed E-state index contributed by atoms with van der Waals surface area (Å²) in [4.78, 5) is 0. The molecule has 35 heavy (non-hydrogen) atoms. The first-order valence-corrected chi connectivity index (χ1v) is 14.1. The van der Waals surface area contributed by atoms with Crippen LogP contribution in [-0.2, 0) is 12.8 Å². The molecule has 186 valence electrons. The topological polar surface area (TPSA) is 0 Å². The van der Waals surface area contributed by atoms with Crippen molar-refractivity contribution in [2.24, 2.45) is 5.92 Å². The Morgan fingerprint density at radius 2 is 1.43 bits per heavy atom. The van der Waals surface area contributed by atoms with Crippen LogP contribution >= 0.6 is 11.6 Å². The molecular weight excluding hydrogens is 451 g/mol. The maximum absolute atomic E-state index is 14.8. The van der Waals surface area contributed by atoms with Crippen molar-refractivity contribution in [2.75, 3.05) is 0 Å². The van der Waals surface area contributed by atoms with Crippen LogP contribution in [0.2, 0.25) is 5.02 Å². The number of unbranched alkanes of at least 4 members (excludes halogenated alkanes) is 4. The minimum Gasteiger partial charge on any atom is -0.206 e. The molecule has 0 saturated heterocycles. The van der Waals surface area contributed by atoms with Crippen LogP contribution in [0.4, 0.5) is 4.39 Å². The number of rotatable bonds is 11. The van der Waals surface area contributed by atoms with E-state index in [1.807, 2.05) is 30.3 Å². The number of hydrogen-bond donors (Lipinski definition) is 0. The lowest BCUT2D eigenvalue weighted by molar-refractivity contribution is 0.310. The molecule has 1 fully saturated rings. The first-order chi connectivity index (χ1) is 17.1. The van der Waals surface area contributed by atoms with Crippen molar-refractivity contribution in [3.05, 3.63) is 94.3 Å². The number of hydrogen-bond acceptors (Lipinski definition) is 0. The van der Waals surface area contributed by atoms with Crippen molar-refractivity contribution >= 4 is 11.6 Å². The lowest BCUT2D eigenvalue weighted by atomic mass is 9.76. The van der Waals surface area contributed by atoms with Gasteiger partial charge in [0.2, 0.25) is 0 Å². The molecule has 0 unspecified atom stereocenters. The van der Waals surface area contributed by atoms with E-state index < -0.39 is 0 Å². The molecule has 2 heteroatoms. The van der Waals surface area contributed by atoms with E-state index in [-0.39, 0.29) is 5.82 Å². The van der Waals surface area contributed by atoms with Crippen LogP contribution in [0.3, 0.4) is 0 Å². The van der Waals surface area contributed by atoms with E-state index in [2.05, 4.69) is 37.3 Å². The minimum absolute atomic E-state index is 0.141. The van der Waals surface area contributed by atoms with Crippen molar-refractivity contribution in [2.45, 2.75) is 89.9 Å². The first kappa shape index (κ1) is 26.0. The fourth-order valence-electron chi connectivity index (χ4n) is 5.62. The van der Waals surface area contributed by atoms with Crippen LogP contribution in [0.1, 0.15) is 93.7 Å². The van der Waals surface area contributed by atoms with Gasteiger partial charge in [0.15, 0.2) is 0 Å². The summed E-state index contributed by atoms with van der Waals surface area (Å²) in [5.41, 5.74) is 5.64. The van der Waals surface area contributed by atoms with Crippen LogP contribution in [-0.4, -0.2) is 0 Å². The van der Waals surface area contributed by atoms with E-state index in [0.29, 0.717) is 16.5 Å². The third-order valence-electron chi connectivity index (χ3n) is 7.90. The molecule has 1 aliphatic rings. The van der Waals surface area contributed by atoms with Gasteiger partial charge in [0, 0.05) is 10.6 Å². The van der Waals surface area contributed by atoms with Gasteiger partial charge in [-0.3, -0.25) is 0 Å². The largest absolute Gasteiger partial charge is 0.206 e. The van der Waals surface area contributed by atoms with Gasteiger partial charge in [-0.25, -0.2) is 4.39 Å². The zero-order valence-electron chi connectivity index (χ0n) is 21.2. The quantitative estimate of drug-likeness (QED) is 0.234. The molecule has 0 atom stereocenters. The summed E-state index contributed by atoms with van der Waals surface area (Å²) in [7, 11) is 0. The highest BCUT2D eigenvalue weighted by atomic mass is 35.5. The van der Waals surface area contributed by atoms with Crippen molar-refractivity contribution in [3.8, 4) is 11.1 Å². The zero-order chi connectivity index (χ0) is 24.5. The lowest BCUT2D eigenvalue weighted by Gasteiger charge is -2.29. The van der Waals surface area contributed by atoms with E-state index in [1.165, 1.54) is 75.3 Å². The Hall–Kier alpha value is -2.12. The van der Waals surface area contributed by atoms with Gasteiger partial charge in [-0.15, -0.1) is 0 Å². The molecule has 0 heterocycles. The van der Waals surface area contributed by atoms with Crippen molar-refractivity contribution in [3.63, 3.8) is 0 Å². The SMILES string of the molecule is CCCCCCCc1ccc([C@H]2CC[C@H](CCc3ccc(-c4ccc(Cl)cc4)c(F)c3)CC2)cc1. The van der Waals surface area contributed by atoms with Gasteiger partial charge in [-0.2, -0.15) is 0 Å². The van der Waals surface area contributed by atoms with E-state index in [9.17, 15) is 4.39 Å². The minimum atomic E-state index is -0.141. The second-order valence-electron chi connectivity index (χ2n) is 10.5. The van der Waals surface area contributed by atoms with Gasteiger partial charge >= 0.3 is 0 Å². The molecule has 0 radical (unpaired) electrons. The van der Waals surface area contributed by atoms with E-state index in [0.717, 1.165) is 29.9 Å². The highest BCUT2D eigenvalue weighted by Gasteiger charge is 2.22. The first-order valence-electron chi connectivity index (χ1n) is 13.8. The summed E-state index contributed by atoms with van der Waals surface area (Å²) in [6.45, 7) is 2.27. The molecule has 0 amide bonds. The predicted octanol–water partition coefficient (Wildman–Crippen LogP) is 10.6. The van der Waals surface area contributed by atoms with Crippen molar-refractivity contribution in [1.29, 1.82) is 0 Å². The third kappa shape index (κ3) is 7.68. The average molecular weight is 491 g/mol. The fourth-order valence-corrected chi connectivity index (χ4v) is 5.75. The molecule has 0 N–H and O–H groups in total. The maximum Gasteiger partial charge on any atom is 0.131 e. The Kier molecular flexibility index (Phi) is 9.83. The molecule has 0 aromatic heterocycles. The summed E-state index contributed by atoms with van der Waals surface area (Å²) in [5, 5.41) is 0.672. The molecule has 3 aromatic carbocycles. The summed E-state index contributed by atoms with van der Waals surface area (Å²) in [5.74, 6) is 1.33. The predicted molar refractivity (Wildman–Crippen MR) is 149 cm³/mol. The standard InChI is InChI=1S/C33H40ClF/c1-2-3-4-5-6-7-25-10-15-28(16-11-25)29-17-12-26(13-18-29)8-9-27-14-23-32(33(35)24-27)30-19-21-31(34)22-20-30/h10-11,14-16,19-24,26,29H,2-9,12-13,17-18H2,1H3/t26-,29-. The molecule has 3 aromatic rings. The fraction of sp³-hybridized carbons (Fsp3) is 0.455. The Labute approximate surface area is 216 Å². The highest BCUT2D eigenvalue weighted by Crippen LogP contribution is 2.38. The lowest BCUT2D eigenvalue weighted by Crippen LogP contribution is -2.14. The Morgan fingerprint density at radius 1 is 0.743 bits per heavy atom. The van der Waals surface area contributed by atoms with Gasteiger partial charge < -0.3 is 0 Å². The maximum atomic E-state index is 14.8. The number of aryl methyl sites for hydroxylation is 2. The van der Waals surface area contributed by atoms with E-state index in [1.54, 1.807) is 6.07 Å². The van der Waals surface area contributed by atoms with Crippen LogP contribution in [0.25, 0.3) is 11.1 Å². The molecule has 0 spiro atoms. The van der Waals surface area contributed by atoms with E-state index in [4.69, 9.17) is 11.6 Å². The summed E-state index contributed by atoms with van der Waals surface area (Å²) in [6.07, 6.45) is 15.2. The normalized spacial score (nSPS) is 18.0. The summed E-state index contributed by atoms with van der Waals surface area (Å²) < 4.78 is 14.8. The summed E-state index contributed by atoms with van der Waals surface area (Å²) in [6, 6.07) is 22.6. The smallest absolute Gasteiger partial charge is 0.131 e. The van der Waals surface area contributed by atoms with Gasteiger partial charge in [0.25, 0.3) is 0 Å².